The molecule has 0 aliphatic carbocycles. The van der Waals surface area contributed by atoms with E-state index in [9.17, 15) is 14.4 Å². The minimum Gasteiger partial charge on any atom is -0.462 e. The minimum atomic E-state index is -0.648. The van der Waals surface area contributed by atoms with Crippen LogP contribution in [0.1, 0.15) is 43.5 Å². The van der Waals surface area contributed by atoms with Gasteiger partial charge in [0.25, 0.3) is 5.56 Å². The first kappa shape index (κ1) is 22.4. The van der Waals surface area contributed by atoms with E-state index in [0.717, 1.165) is 0 Å². The van der Waals surface area contributed by atoms with Gasteiger partial charge in [-0.3, -0.25) is 14.0 Å². The summed E-state index contributed by atoms with van der Waals surface area (Å²) < 4.78 is 13.4. The maximum absolute atomic E-state index is 13.2. The van der Waals surface area contributed by atoms with Crippen molar-refractivity contribution in [1.29, 1.82) is 0 Å². The lowest BCUT2D eigenvalue weighted by Gasteiger charge is -2.15. The maximum Gasteiger partial charge on any atom is 0.341 e. The summed E-state index contributed by atoms with van der Waals surface area (Å²) in [6, 6.07) is 6.66. The van der Waals surface area contributed by atoms with Crippen molar-refractivity contribution in [2.75, 3.05) is 20.3 Å². The Labute approximate surface area is 179 Å². The third kappa shape index (κ3) is 4.72. The molecule has 1 amide bonds. The molecule has 0 radical (unpaired) electrons. The average Bonchev–Trinajstić information content (AvgIpc) is 2.75. The molecule has 164 valence electrons. The summed E-state index contributed by atoms with van der Waals surface area (Å²) in [5.41, 5.74) is 0.690. The normalized spacial score (nSPS) is 11.9. The van der Waals surface area contributed by atoms with Crippen molar-refractivity contribution in [3.8, 4) is 0 Å². The molecule has 3 heterocycles. The van der Waals surface area contributed by atoms with Crippen LogP contribution in [0.2, 0.25) is 0 Å². The molecule has 0 N–H and O–H groups in total. The Morgan fingerprint density at radius 3 is 2.74 bits per heavy atom. The van der Waals surface area contributed by atoms with Crippen LogP contribution in [0.5, 0.6) is 0 Å². The van der Waals surface area contributed by atoms with Crippen LogP contribution in [-0.4, -0.2) is 46.2 Å². The molecule has 0 aromatic carbocycles. The summed E-state index contributed by atoms with van der Waals surface area (Å²) in [6.45, 7) is 4.52. The number of hydrogen-bond acceptors (Lipinski definition) is 6. The number of carbonyl (C=O) groups is 2. The average molecular weight is 426 g/mol. The fourth-order valence-corrected chi connectivity index (χ4v) is 3.32. The molecule has 3 aromatic rings. The van der Waals surface area contributed by atoms with E-state index < -0.39 is 5.97 Å². The highest BCUT2D eigenvalue weighted by atomic mass is 16.5. The smallest absolute Gasteiger partial charge is 0.341 e. The highest BCUT2D eigenvalue weighted by molar-refractivity contribution is 5.93. The third-order valence-electron chi connectivity index (χ3n) is 4.71. The van der Waals surface area contributed by atoms with Gasteiger partial charge in [-0.2, -0.15) is 4.99 Å². The number of rotatable bonds is 8. The standard InChI is InChI=1S/C22H26N4O5/c1-4-9-18(27)24-20-16(22(29)31-5-2)14-15-19(26(20)12-8-13-30-3)23-17-10-6-7-11-25(17)21(15)28/h6-7,10-11,14H,4-5,8-9,12-13H2,1-3H3. The van der Waals surface area contributed by atoms with Gasteiger partial charge in [0, 0.05) is 32.9 Å². The van der Waals surface area contributed by atoms with Crippen molar-refractivity contribution in [3.05, 3.63) is 51.9 Å². The van der Waals surface area contributed by atoms with Gasteiger partial charge in [0.2, 0.25) is 5.91 Å². The quantitative estimate of drug-likeness (QED) is 0.310. The zero-order valence-electron chi connectivity index (χ0n) is 18.0. The number of carbonyl (C=O) groups excluding carboxylic acids is 2. The van der Waals surface area contributed by atoms with Gasteiger partial charge in [-0.25, -0.2) is 9.78 Å². The number of aryl methyl sites for hydroxylation is 1. The van der Waals surface area contributed by atoms with Crippen molar-refractivity contribution in [2.45, 2.75) is 39.7 Å². The molecular weight excluding hydrogens is 400 g/mol. The van der Waals surface area contributed by atoms with E-state index in [1.54, 1.807) is 43.0 Å². The lowest BCUT2D eigenvalue weighted by Crippen LogP contribution is -2.33. The minimum absolute atomic E-state index is 0.0611. The zero-order valence-corrected chi connectivity index (χ0v) is 18.0. The number of pyridine rings is 2. The first-order valence-electron chi connectivity index (χ1n) is 10.3. The highest BCUT2D eigenvalue weighted by Gasteiger charge is 2.19. The number of methoxy groups -OCH3 is 1. The van der Waals surface area contributed by atoms with Gasteiger partial charge in [0.05, 0.1) is 12.0 Å². The number of hydrogen-bond donors (Lipinski definition) is 0. The van der Waals surface area contributed by atoms with Crippen LogP contribution in [-0.2, 0) is 20.8 Å². The van der Waals surface area contributed by atoms with Crippen LogP contribution in [0.4, 0.5) is 0 Å². The second kappa shape index (κ2) is 10.1. The van der Waals surface area contributed by atoms with Crippen molar-refractivity contribution >= 4 is 28.6 Å². The molecule has 0 aliphatic rings. The van der Waals surface area contributed by atoms with E-state index in [-0.39, 0.29) is 40.9 Å². The van der Waals surface area contributed by atoms with Gasteiger partial charge < -0.3 is 14.0 Å². The van der Waals surface area contributed by atoms with E-state index >= 15 is 0 Å². The molecule has 0 saturated carbocycles. The Bertz CT molecular complexity index is 1240. The van der Waals surface area contributed by atoms with Gasteiger partial charge in [0.15, 0.2) is 5.49 Å². The summed E-state index contributed by atoms with van der Waals surface area (Å²) in [7, 11) is 1.59. The molecule has 31 heavy (non-hydrogen) atoms. The summed E-state index contributed by atoms with van der Waals surface area (Å²) >= 11 is 0. The van der Waals surface area contributed by atoms with Gasteiger partial charge in [-0.05, 0) is 38.0 Å². The second-order valence-corrected chi connectivity index (χ2v) is 6.94. The predicted molar refractivity (Wildman–Crippen MR) is 115 cm³/mol. The van der Waals surface area contributed by atoms with Crippen LogP contribution < -0.4 is 11.0 Å². The van der Waals surface area contributed by atoms with Crippen molar-refractivity contribution in [2.24, 2.45) is 4.99 Å². The number of amides is 1. The molecule has 3 aromatic heterocycles. The third-order valence-corrected chi connectivity index (χ3v) is 4.71. The van der Waals surface area contributed by atoms with Crippen molar-refractivity contribution in [1.82, 2.24) is 14.0 Å². The van der Waals surface area contributed by atoms with Gasteiger partial charge in [0.1, 0.15) is 16.9 Å². The monoisotopic (exact) mass is 426 g/mol. The molecule has 0 aliphatic heterocycles. The van der Waals surface area contributed by atoms with E-state index in [4.69, 9.17) is 9.47 Å². The number of aromatic nitrogens is 3. The second-order valence-electron chi connectivity index (χ2n) is 6.94. The van der Waals surface area contributed by atoms with Gasteiger partial charge in [-0.15, -0.1) is 0 Å². The Morgan fingerprint density at radius 2 is 2.03 bits per heavy atom. The SMILES string of the molecule is CCCC(=O)N=c1c(C(=O)OCC)cc2c(=O)n3ccccc3nc2n1CCCOC. The first-order chi connectivity index (χ1) is 15.0. The summed E-state index contributed by atoms with van der Waals surface area (Å²) in [5, 5.41) is 0.242. The largest absolute Gasteiger partial charge is 0.462 e. The number of nitrogens with zero attached hydrogens (tertiary/aromatic N) is 4. The summed E-state index contributed by atoms with van der Waals surface area (Å²) in [4.78, 5) is 47.2. The predicted octanol–water partition coefficient (Wildman–Crippen LogP) is 2.09. The van der Waals surface area contributed by atoms with E-state index in [1.807, 2.05) is 6.92 Å². The topological polar surface area (TPSA) is 104 Å². The molecule has 0 unspecified atom stereocenters. The first-order valence-corrected chi connectivity index (χ1v) is 10.3. The number of esters is 1. The Morgan fingerprint density at radius 1 is 1.23 bits per heavy atom. The number of fused-ring (bicyclic) bond motifs is 2. The van der Waals surface area contributed by atoms with E-state index in [1.165, 1.54) is 10.5 Å². The van der Waals surface area contributed by atoms with Crippen LogP contribution in [0.25, 0.3) is 16.7 Å². The molecule has 0 fully saturated rings. The van der Waals surface area contributed by atoms with Crippen LogP contribution in [0.3, 0.4) is 0 Å². The molecule has 3 rings (SSSR count). The summed E-state index contributed by atoms with van der Waals surface area (Å²) in [6.07, 6.45) is 3.06. The van der Waals surface area contributed by atoms with Crippen LogP contribution in [0, 0.1) is 0 Å². The lowest BCUT2D eigenvalue weighted by molar-refractivity contribution is -0.118. The Hall–Kier alpha value is -3.33. The van der Waals surface area contributed by atoms with Crippen molar-refractivity contribution in [3.63, 3.8) is 0 Å². The van der Waals surface area contributed by atoms with E-state index in [2.05, 4.69) is 9.98 Å². The maximum atomic E-state index is 13.2. The molecular formula is C22H26N4O5. The lowest BCUT2D eigenvalue weighted by atomic mass is 10.2. The molecule has 9 heteroatoms. The molecule has 0 atom stereocenters. The molecule has 0 saturated heterocycles. The highest BCUT2D eigenvalue weighted by Crippen LogP contribution is 2.12. The fraction of sp³-hybridized carbons (Fsp3) is 0.409. The van der Waals surface area contributed by atoms with Gasteiger partial charge >= 0.3 is 5.97 Å². The molecule has 0 bridgehead atoms. The van der Waals surface area contributed by atoms with Crippen LogP contribution in [0.15, 0.2) is 40.2 Å². The Kier molecular flexibility index (Phi) is 7.30. The Balaban J connectivity index is 2.44. The van der Waals surface area contributed by atoms with Gasteiger partial charge in [-0.1, -0.05) is 13.0 Å². The van der Waals surface area contributed by atoms with Crippen LogP contribution >= 0.6 is 0 Å². The fourth-order valence-electron chi connectivity index (χ4n) is 3.32. The molecule has 0 spiro atoms. The van der Waals surface area contributed by atoms with Crippen molar-refractivity contribution < 1.29 is 19.1 Å². The zero-order chi connectivity index (χ0) is 22.4. The van der Waals surface area contributed by atoms with E-state index in [0.29, 0.717) is 37.3 Å². The number of ether oxygens (including phenoxy) is 2. The molecule has 9 nitrogen and oxygen atoms in total. The summed E-state index contributed by atoms with van der Waals surface area (Å²) in [5.74, 6) is -1.00.